The number of halogens is 1. The highest BCUT2D eigenvalue weighted by Gasteiger charge is 2.04. The smallest absolute Gasteiger partial charge is 0.180 e. The fourth-order valence-corrected chi connectivity index (χ4v) is 0.837. The van der Waals surface area contributed by atoms with Crippen LogP contribution >= 0.6 is 11.6 Å². The van der Waals surface area contributed by atoms with Gasteiger partial charge in [0.25, 0.3) is 0 Å². The summed E-state index contributed by atoms with van der Waals surface area (Å²) in [6, 6.07) is 1.48. The highest BCUT2D eigenvalue weighted by Crippen LogP contribution is 2.17. The van der Waals surface area contributed by atoms with Gasteiger partial charge < -0.3 is 10.2 Å². The Morgan fingerprint density at radius 1 is 1.55 bits per heavy atom. The molecule has 0 saturated heterocycles. The average Bonchev–Trinajstić information content (AvgIpc) is 1.94. The SMILES string of the molecule is Cc1ncc(C(O)O)cc1Cl. The van der Waals surface area contributed by atoms with E-state index >= 15 is 0 Å². The Morgan fingerprint density at radius 3 is 2.64 bits per heavy atom. The van der Waals surface area contributed by atoms with E-state index in [1.165, 1.54) is 12.3 Å². The summed E-state index contributed by atoms with van der Waals surface area (Å²) in [6.45, 7) is 1.75. The van der Waals surface area contributed by atoms with Gasteiger partial charge >= 0.3 is 0 Å². The summed E-state index contributed by atoms with van der Waals surface area (Å²) in [5.41, 5.74) is 0.983. The highest BCUT2D eigenvalue weighted by molar-refractivity contribution is 6.31. The van der Waals surface area contributed by atoms with Crippen LogP contribution in [0, 0.1) is 6.92 Å². The average molecular weight is 174 g/mol. The van der Waals surface area contributed by atoms with E-state index in [1.807, 2.05) is 0 Å². The lowest BCUT2D eigenvalue weighted by atomic mass is 10.2. The van der Waals surface area contributed by atoms with Crippen LogP contribution in [-0.2, 0) is 0 Å². The largest absolute Gasteiger partial charge is 0.364 e. The molecule has 0 aliphatic heterocycles. The zero-order valence-corrected chi connectivity index (χ0v) is 6.71. The Balaban J connectivity index is 3.05. The number of nitrogens with zero attached hydrogens (tertiary/aromatic N) is 1. The van der Waals surface area contributed by atoms with Crippen LogP contribution in [0.1, 0.15) is 17.5 Å². The molecule has 3 nitrogen and oxygen atoms in total. The van der Waals surface area contributed by atoms with E-state index in [9.17, 15) is 0 Å². The number of aromatic nitrogens is 1. The first-order valence-corrected chi connectivity index (χ1v) is 3.47. The van der Waals surface area contributed by atoms with E-state index in [1.54, 1.807) is 6.92 Å². The molecule has 1 aromatic heterocycles. The number of aryl methyl sites for hydroxylation is 1. The normalized spacial score (nSPS) is 10.6. The number of aliphatic hydroxyl groups excluding tert-OH is 1. The molecule has 0 spiro atoms. The molecular weight excluding hydrogens is 166 g/mol. The molecular formula is C7H8ClNO2. The summed E-state index contributed by atoms with van der Waals surface area (Å²) in [4.78, 5) is 3.85. The van der Waals surface area contributed by atoms with Gasteiger partial charge in [0.05, 0.1) is 10.7 Å². The molecule has 0 aliphatic rings. The van der Waals surface area contributed by atoms with Gasteiger partial charge in [0, 0.05) is 11.8 Å². The maximum atomic E-state index is 8.70. The predicted octanol–water partition coefficient (Wildman–Crippen LogP) is 1.03. The minimum Gasteiger partial charge on any atom is -0.364 e. The fourth-order valence-electron chi connectivity index (χ4n) is 0.662. The summed E-state index contributed by atoms with van der Waals surface area (Å²) >= 11 is 5.67. The van der Waals surface area contributed by atoms with Gasteiger partial charge in [-0.15, -0.1) is 0 Å². The van der Waals surface area contributed by atoms with Gasteiger partial charge in [-0.3, -0.25) is 4.98 Å². The molecule has 2 N–H and O–H groups in total. The molecule has 1 aromatic rings. The van der Waals surface area contributed by atoms with Crippen molar-refractivity contribution in [1.29, 1.82) is 0 Å². The van der Waals surface area contributed by atoms with E-state index < -0.39 is 6.29 Å². The third-order valence-electron chi connectivity index (χ3n) is 1.34. The zero-order chi connectivity index (χ0) is 8.43. The van der Waals surface area contributed by atoms with Gasteiger partial charge in [-0.25, -0.2) is 0 Å². The molecule has 0 atom stereocenters. The van der Waals surface area contributed by atoms with Crippen LogP contribution in [0.15, 0.2) is 12.3 Å². The van der Waals surface area contributed by atoms with Gasteiger partial charge in [0.2, 0.25) is 0 Å². The molecule has 0 unspecified atom stereocenters. The Hall–Kier alpha value is -0.640. The van der Waals surface area contributed by atoms with Crippen molar-refractivity contribution in [1.82, 2.24) is 4.98 Å². The van der Waals surface area contributed by atoms with Crippen LogP contribution in [-0.4, -0.2) is 15.2 Å². The summed E-state index contributed by atoms with van der Waals surface area (Å²) in [5.74, 6) is 0. The second-order valence-electron chi connectivity index (χ2n) is 2.21. The molecule has 0 radical (unpaired) electrons. The van der Waals surface area contributed by atoms with Crippen molar-refractivity contribution in [3.05, 3.63) is 28.5 Å². The minimum atomic E-state index is -1.50. The van der Waals surface area contributed by atoms with E-state index in [-0.39, 0.29) is 0 Å². The molecule has 0 saturated carbocycles. The highest BCUT2D eigenvalue weighted by atomic mass is 35.5. The molecule has 1 rings (SSSR count). The molecule has 11 heavy (non-hydrogen) atoms. The number of hydrogen-bond acceptors (Lipinski definition) is 3. The monoisotopic (exact) mass is 173 g/mol. The zero-order valence-electron chi connectivity index (χ0n) is 5.95. The molecule has 0 amide bonds. The molecule has 60 valence electrons. The Labute approximate surface area is 69.3 Å². The van der Waals surface area contributed by atoms with Gasteiger partial charge in [-0.2, -0.15) is 0 Å². The molecule has 0 aliphatic carbocycles. The maximum absolute atomic E-state index is 8.70. The molecule has 4 heteroatoms. The second kappa shape index (κ2) is 3.17. The standard InChI is InChI=1S/C7H8ClNO2/c1-4-6(8)2-5(3-9-4)7(10)11/h2-3,7,10-11H,1H3. The number of aliphatic hydroxyl groups is 2. The Kier molecular flexibility index (Phi) is 2.44. The number of rotatable bonds is 1. The van der Waals surface area contributed by atoms with Crippen molar-refractivity contribution in [2.24, 2.45) is 0 Å². The third-order valence-corrected chi connectivity index (χ3v) is 1.73. The fraction of sp³-hybridized carbons (Fsp3) is 0.286. The van der Waals surface area contributed by atoms with E-state index in [0.717, 1.165) is 0 Å². The molecule has 0 fully saturated rings. The first-order valence-electron chi connectivity index (χ1n) is 3.09. The van der Waals surface area contributed by atoms with E-state index in [0.29, 0.717) is 16.3 Å². The van der Waals surface area contributed by atoms with E-state index in [2.05, 4.69) is 4.98 Å². The van der Waals surface area contributed by atoms with E-state index in [4.69, 9.17) is 21.8 Å². The second-order valence-corrected chi connectivity index (χ2v) is 2.62. The quantitative estimate of drug-likeness (QED) is 0.624. The third kappa shape index (κ3) is 1.89. The van der Waals surface area contributed by atoms with Crippen molar-refractivity contribution in [2.45, 2.75) is 13.2 Å². The molecule has 0 aromatic carbocycles. The first-order chi connectivity index (χ1) is 5.11. The van der Waals surface area contributed by atoms with Crippen molar-refractivity contribution in [3.63, 3.8) is 0 Å². The molecule has 0 bridgehead atoms. The minimum absolute atomic E-state index is 0.306. The van der Waals surface area contributed by atoms with Gasteiger partial charge in [-0.05, 0) is 13.0 Å². The topological polar surface area (TPSA) is 53.4 Å². The van der Waals surface area contributed by atoms with Gasteiger partial charge in [-0.1, -0.05) is 11.6 Å². The Morgan fingerprint density at radius 2 is 2.18 bits per heavy atom. The lowest BCUT2D eigenvalue weighted by Gasteiger charge is -2.03. The van der Waals surface area contributed by atoms with Crippen molar-refractivity contribution in [2.75, 3.05) is 0 Å². The lowest BCUT2D eigenvalue weighted by molar-refractivity contribution is -0.0427. The first kappa shape index (κ1) is 8.46. The summed E-state index contributed by atoms with van der Waals surface area (Å²) in [6.07, 6.45) is -0.119. The predicted molar refractivity (Wildman–Crippen MR) is 41.2 cm³/mol. The summed E-state index contributed by atoms with van der Waals surface area (Å²) in [7, 11) is 0. The van der Waals surface area contributed by atoms with Crippen molar-refractivity contribution >= 4 is 11.6 Å². The molecule has 1 heterocycles. The maximum Gasteiger partial charge on any atom is 0.180 e. The van der Waals surface area contributed by atoms with Gasteiger partial charge in [0.1, 0.15) is 0 Å². The van der Waals surface area contributed by atoms with Gasteiger partial charge in [0.15, 0.2) is 6.29 Å². The van der Waals surface area contributed by atoms with Crippen LogP contribution in [0.4, 0.5) is 0 Å². The van der Waals surface area contributed by atoms with Crippen molar-refractivity contribution < 1.29 is 10.2 Å². The van der Waals surface area contributed by atoms with Crippen LogP contribution in [0.2, 0.25) is 5.02 Å². The number of pyridine rings is 1. The van der Waals surface area contributed by atoms with Crippen LogP contribution in [0.25, 0.3) is 0 Å². The van der Waals surface area contributed by atoms with Crippen molar-refractivity contribution in [3.8, 4) is 0 Å². The van der Waals surface area contributed by atoms with Crippen LogP contribution in [0.3, 0.4) is 0 Å². The lowest BCUT2D eigenvalue weighted by Crippen LogP contribution is -1.96. The van der Waals surface area contributed by atoms with Crippen LogP contribution in [0.5, 0.6) is 0 Å². The summed E-state index contributed by atoms with van der Waals surface area (Å²) in [5, 5.41) is 17.8. The summed E-state index contributed by atoms with van der Waals surface area (Å²) < 4.78 is 0. The Bertz CT molecular complexity index is 263. The number of hydrogen-bond donors (Lipinski definition) is 2. The van der Waals surface area contributed by atoms with Crippen LogP contribution < -0.4 is 0 Å².